The van der Waals surface area contributed by atoms with Crippen LogP contribution < -0.4 is 0 Å². The molecular formula is C11H21As2ClF6Pt. The van der Waals surface area contributed by atoms with E-state index in [1.54, 1.807) is 18.8 Å². The van der Waals surface area contributed by atoms with Crippen LogP contribution in [0.4, 0.5) is 26.3 Å². The zero-order valence-corrected chi connectivity index (χ0v) is 19.6. The zero-order chi connectivity index (χ0) is 17.6. The van der Waals surface area contributed by atoms with Crippen LogP contribution in [-0.2, 0) is 18.8 Å². The van der Waals surface area contributed by atoms with Crippen molar-refractivity contribution in [1.29, 1.82) is 0 Å². The van der Waals surface area contributed by atoms with Gasteiger partial charge in [-0.3, -0.25) is 0 Å². The number of hydrogen-bond acceptors (Lipinski definition) is 0. The SMILES string of the molecule is C[As](C)C.C[As](C)C.FC(F)(F)C#CC(F)(F)F.[CH3-].[Cl][Pt+]. The van der Waals surface area contributed by atoms with Crippen LogP contribution >= 0.6 is 9.42 Å². The average molecular weight is 648 g/mol. The first-order chi connectivity index (χ1) is 8.67. The van der Waals surface area contributed by atoms with Crippen molar-refractivity contribution in [3.63, 3.8) is 0 Å². The van der Waals surface area contributed by atoms with E-state index < -0.39 is 12.4 Å². The molecule has 0 unspecified atom stereocenters. The predicted molar refractivity (Wildman–Crippen MR) is 78.8 cm³/mol. The minimum absolute atomic E-state index is 0. The first-order valence-electron chi connectivity index (χ1n) is 4.69. The van der Waals surface area contributed by atoms with Gasteiger partial charge in [-0.25, -0.2) is 0 Å². The van der Waals surface area contributed by atoms with Crippen molar-refractivity contribution in [3.05, 3.63) is 7.43 Å². The molecule has 0 aliphatic rings. The Labute approximate surface area is 149 Å². The van der Waals surface area contributed by atoms with Gasteiger partial charge in [0.2, 0.25) is 0 Å². The van der Waals surface area contributed by atoms with Crippen molar-refractivity contribution in [1.82, 2.24) is 0 Å². The van der Waals surface area contributed by atoms with E-state index in [1.165, 1.54) is 0 Å². The molecule has 0 aromatic rings. The molecule has 0 saturated heterocycles. The molecule has 0 bridgehead atoms. The van der Waals surface area contributed by atoms with Crippen LogP contribution in [0, 0.1) is 19.3 Å². The summed E-state index contributed by atoms with van der Waals surface area (Å²) in [4.78, 5) is 0. The molecule has 10 heteroatoms. The van der Waals surface area contributed by atoms with Crippen molar-refractivity contribution < 1.29 is 45.1 Å². The third-order valence-corrected chi connectivity index (χ3v) is 0.346. The van der Waals surface area contributed by atoms with Gasteiger partial charge in [0.1, 0.15) is 0 Å². The summed E-state index contributed by atoms with van der Waals surface area (Å²) in [5.74, 6) is 0.174. The van der Waals surface area contributed by atoms with E-state index in [0.717, 1.165) is 0 Å². The second-order valence-corrected chi connectivity index (χ2v) is 15.2. The van der Waals surface area contributed by atoms with Gasteiger partial charge >= 0.3 is 104 Å². The van der Waals surface area contributed by atoms with Gasteiger partial charge in [0.25, 0.3) is 0 Å². The van der Waals surface area contributed by atoms with Gasteiger partial charge < -0.3 is 7.43 Å². The molecule has 134 valence electrons. The van der Waals surface area contributed by atoms with Crippen LogP contribution in [0.25, 0.3) is 0 Å². The second-order valence-electron chi connectivity index (χ2n) is 3.93. The van der Waals surface area contributed by atoms with Crippen LogP contribution in [0.2, 0.25) is 34.3 Å². The van der Waals surface area contributed by atoms with Crippen LogP contribution in [0.1, 0.15) is 0 Å². The third-order valence-electron chi connectivity index (χ3n) is 0.346. The van der Waals surface area contributed by atoms with Gasteiger partial charge in [-0.2, -0.15) is 26.3 Å². The maximum absolute atomic E-state index is 10.9. The Morgan fingerprint density at radius 1 is 0.667 bits per heavy atom. The first kappa shape index (κ1) is 33.8. The number of alkyl halides is 6. The molecule has 0 amide bonds. The van der Waals surface area contributed by atoms with E-state index in [-0.39, 0.29) is 48.6 Å². The summed E-state index contributed by atoms with van der Waals surface area (Å²) in [5.41, 5.74) is 13.9. The standard InChI is InChI=1S/C4F6.2C3H9As.CH3.ClH.Pt/c5-3(6,7)1-2-4(8,9)10;2*1-4(2)3;;;/h;2*1-3H3;1H3;1H;/q;;;-1;;+2/p-1. The van der Waals surface area contributed by atoms with Gasteiger partial charge in [-0.1, -0.05) is 0 Å². The van der Waals surface area contributed by atoms with E-state index in [0.29, 0.717) is 0 Å². The van der Waals surface area contributed by atoms with Crippen molar-refractivity contribution in [2.45, 2.75) is 46.6 Å². The van der Waals surface area contributed by atoms with E-state index in [4.69, 9.17) is 0 Å². The van der Waals surface area contributed by atoms with Gasteiger partial charge in [0.05, 0.1) is 0 Å². The summed E-state index contributed by atoms with van der Waals surface area (Å²) in [6, 6.07) is 0. The quantitative estimate of drug-likeness (QED) is 0.131. The Morgan fingerprint density at radius 2 is 0.762 bits per heavy atom. The van der Waals surface area contributed by atoms with Gasteiger partial charge in [-0.05, 0) is 0 Å². The van der Waals surface area contributed by atoms with Crippen LogP contribution in [0.3, 0.4) is 0 Å². The molecule has 0 atom stereocenters. The Balaban J connectivity index is -0.0000000653. The van der Waals surface area contributed by atoms with Crippen molar-refractivity contribution in [2.75, 3.05) is 0 Å². The summed E-state index contributed by atoms with van der Waals surface area (Å²) in [6.45, 7) is 0. The molecule has 0 spiro atoms. The predicted octanol–water partition coefficient (Wildman–Crippen LogP) is 5.99. The summed E-state index contributed by atoms with van der Waals surface area (Å²) in [5, 5.41) is 0. The molecule has 0 saturated carbocycles. The molecular weight excluding hydrogens is 626 g/mol. The number of rotatable bonds is 0. The van der Waals surface area contributed by atoms with E-state index in [2.05, 4.69) is 43.7 Å². The monoisotopic (exact) mass is 647 g/mol. The van der Waals surface area contributed by atoms with Crippen molar-refractivity contribution in [2.24, 2.45) is 0 Å². The second kappa shape index (κ2) is 19.3. The molecule has 0 nitrogen and oxygen atoms in total. The molecule has 0 aliphatic carbocycles. The van der Waals surface area contributed by atoms with Crippen molar-refractivity contribution in [3.8, 4) is 11.8 Å². The van der Waals surface area contributed by atoms with E-state index in [9.17, 15) is 26.3 Å². The topological polar surface area (TPSA) is 0 Å². The Kier molecular flexibility index (Phi) is 31.0. The summed E-state index contributed by atoms with van der Waals surface area (Å²) >= 11 is 1.24. The number of halogens is 7. The molecule has 0 heterocycles. The molecule has 21 heavy (non-hydrogen) atoms. The van der Waals surface area contributed by atoms with Crippen LogP contribution in [0.15, 0.2) is 0 Å². The Hall–Kier alpha value is 1.24. The molecule has 0 rings (SSSR count). The summed E-state index contributed by atoms with van der Waals surface area (Å²) < 4.78 is 65.5. The zero-order valence-electron chi connectivity index (χ0n) is 12.9. The van der Waals surface area contributed by atoms with E-state index in [1.807, 2.05) is 0 Å². The molecule has 0 aromatic heterocycles. The fourth-order valence-electron chi connectivity index (χ4n) is 0.142. The summed E-state index contributed by atoms with van der Waals surface area (Å²) in [6.07, 6.45) is -10.1. The fourth-order valence-corrected chi connectivity index (χ4v) is 0.142. The average Bonchev–Trinajstić information content (AvgIpc) is 2.14. The van der Waals surface area contributed by atoms with Gasteiger partial charge in [0.15, 0.2) is 0 Å². The van der Waals surface area contributed by atoms with Crippen LogP contribution in [0.5, 0.6) is 0 Å². The fraction of sp³-hybridized carbons (Fsp3) is 0.727. The Bertz CT molecular complexity index is 227. The molecule has 0 aromatic carbocycles. The number of hydrogen-bond donors (Lipinski definition) is 0. The van der Waals surface area contributed by atoms with Crippen LogP contribution in [-0.4, -0.2) is 41.7 Å². The third kappa shape index (κ3) is 116. The Morgan fingerprint density at radius 3 is 0.810 bits per heavy atom. The van der Waals surface area contributed by atoms with Crippen molar-refractivity contribution >= 4 is 38.7 Å². The van der Waals surface area contributed by atoms with E-state index >= 15 is 0 Å². The normalized spacial score (nSPS) is 9.57. The molecule has 0 fully saturated rings. The first-order valence-corrected chi connectivity index (χ1v) is 18.8. The molecule has 0 N–H and O–H groups in total. The van der Waals surface area contributed by atoms with Gasteiger partial charge in [-0.15, -0.1) is 0 Å². The maximum atomic E-state index is 10.9. The molecule has 0 radical (unpaired) electrons. The minimum atomic E-state index is -5.07. The summed E-state index contributed by atoms with van der Waals surface area (Å²) in [7, 11) is 4.61. The van der Waals surface area contributed by atoms with Gasteiger partial charge in [0, 0.05) is 11.8 Å². The molecule has 0 aliphatic heterocycles.